The van der Waals surface area contributed by atoms with E-state index in [-0.39, 0.29) is 11.9 Å². The smallest absolute Gasteiger partial charge is 0.279 e. The summed E-state index contributed by atoms with van der Waals surface area (Å²) in [6.45, 7) is 4.65. The Labute approximate surface area is 186 Å². The van der Waals surface area contributed by atoms with E-state index in [1.54, 1.807) is 6.20 Å². The summed E-state index contributed by atoms with van der Waals surface area (Å²) in [6.07, 6.45) is 4.29. The lowest BCUT2D eigenvalue weighted by molar-refractivity contribution is -0.119. The van der Waals surface area contributed by atoms with Crippen LogP contribution in [0.1, 0.15) is 43.2 Å². The van der Waals surface area contributed by atoms with Crippen molar-refractivity contribution in [3.63, 3.8) is 0 Å². The Morgan fingerprint density at radius 3 is 2.65 bits per heavy atom. The monoisotopic (exact) mass is 438 g/mol. The van der Waals surface area contributed by atoms with Crippen LogP contribution < -0.4 is 19.5 Å². The maximum absolute atomic E-state index is 11.2. The molecule has 7 heteroatoms. The average Bonchev–Trinajstić information content (AvgIpc) is 3.49. The number of aromatic nitrogens is 1. The van der Waals surface area contributed by atoms with Crippen molar-refractivity contribution in [1.29, 1.82) is 0 Å². The number of hydrogen-bond acceptors (Lipinski definition) is 6. The first kappa shape index (κ1) is 21.2. The molecular formula is C24H26N2O4S. The highest BCUT2D eigenvalue weighted by Gasteiger charge is 2.21. The molecule has 1 atom stereocenters. The second-order valence-electron chi connectivity index (χ2n) is 7.70. The number of thiazole rings is 1. The number of nitrogens with zero attached hydrogens (tertiary/aromatic N) is 1. The van der Waals surface area contributed by atoms with Gasteiger partial charge in [0.05, 0.1) is 17.5 Å². The van der Waals surface area contributed by atoms with E-state index in [0.717, 1.165) is 28.5 Å². The molecule has 0 saturated heterocycles. The van der Waals surface area contributed by atoms with Crippen LogP contribution >= 0.6 is 11.3 Å². The van der Waals surface area contributed by atoms with E-state index in [1.807, 2.05) is 55.5 Å². The molecule has 1 aromatic heterocycles. The molecule has 1 aliphatic carbocycles. The van der Waals surface area contributed by atoms with Gasteiger partial charge in [0, 0.05) is 19.2 Å². The SMILES string of the molecule is CC(=O)NC(C)c1ccc(OCc2cnc(Oc3cccc(OCC4CC4)c3)s2)cc1. The van der Waals surface area contributed by atoms with Crippen molar-refractivity contribution in [2.45, 2.75) is 39.3 Å². The molecule has 0 bridgehead atoms. The zero-order chi connectivity index (χ0) is 21.6. The van der Waals surface area contributed by atoms with E-state index in [9.17, 15) is 4.79 Å². The predicted molar refractivity (Wildman–Crippen MR) is 120 cm³/mol. The summed E-state index contributed by atoms with van der Waals surface area (Å²) >= 11 is 1.45. The molecule has 1 amide bonds. The Balaban J connectivity index is 1.28. The molecule has 162 valence electrons. The minimum Gasteiger partial charge on any atom is -0.493 e. The van der Waals surface area contributed by atoms with E-state index in [0.29, 0.717) is 23.5 Å². The first-order chi connectivity index (χ1) is 15.0. The third-order valence-electron chi connectivity index (χ3n) is 4.91. The van der Waals surface area contributed by atoms with Crippen LogP contribution in [0.2, 0.25) is 0 Å². The molecule has 4 rings (SSSR count). The number of nitrogens with one attached hydrogen (secondary N) is 1. The van der Waals surface area contributed by atoms with Crippen LogP contribution in [0.5, 0.6) is 22.4 Å². The standard InChI is InChI=1S/C24H26N2O4S/c1-16(26-17(2)27)19-8-10-20(11-9-19)29-15-23-13-25-24(31-23)30-22-5-3-4-21(12-22)28-14-18-6-7-18/h3-5,8-13,16,18H,6-7,14-15H2,1-2H3,(H,26,27). The quantitative estimate of drug-likeness (QED) is 0.453. The van der Waals surface area contributed by atoms with Crippen molar-refractivity contribution >= 4 is 17.2 Å². The number of benzene rings is 2. The van der Waals surface area contributed by atoms with Crippen molar-refractivity contribution in [1.82, 2.24) is 10.3 Å². The lowest BCUT2D eigenvalue weighted by Gasteiger charge is -2.13. The van der Waals surface area contributed by atoms with Crippen LogP contribution in [0, 0.1) is 5.92 Å². The lowest BCUT2D eigenvalue weighted by Crippen LogP contribution is -2.23. The molecule has 6 nitrogen and oxygen atoms in total. The Kier molecular flexibility index (Phi) is 6.72. The van der Waals surface area contributed by atoms with E-state index < -0.39 is 0 Å². The highest BCUT2D eigenvalue weighted by atomic mass is 32.1. The first-order valence-electron chi connectivity index (χ1n) is 10.4. The van der Waals surface area contributed by atoms with Crippen LogP contribution in [0.4, 0.5) is 0 Å². The van der Waals surface area contributed by atoms with Crippen molar-refractivity contribution in [2.75, 3.05) is 6.61 Å². The fourth-order valence-corrected chi connectivity index (χ4v) is 3.72. The van der Waals surface area contributed by atoms with Gasteiger partial charge in [-0.05, 0) is 55.5 Å². The summed E-state index contributed by atoms with van der Waals surface area (Å²) in [5.41, 5.74) is 1.03. The van der Waals surface area contributed by atoms with Crippen LogP contribution in [-0.4, -0.2) is 17.5 Å². The van der Waals surface area contributed by atoms with Gasteiger partial charge in [-0.1, -0.05) is 29.5 Å². The number of amides is 1. The molecular weight excluding hydrogens is 412 g/mol. The first-order valence-corrected chi connectivity index (χ1v) is 11.2. The van der Waals surface area contributed by atoms with E-state index in [2.05, 4.69) is 10.3 Å². The highest BCUT2D eigenvalue weighted by molar-refractivity contribution is 7.13. The molecule has 0 spiro atoms. The van der Waals surface area contributed by atoms with Gasteiger partial charge in [-0.15, -0.1) is 0 Å². The average molecular weight is 439 g/mol. The normalized spacial score (nSPS) is 14.0. The van der Waals surface area contributed by atoms with Gasteiger partial charge in [0.15, 0.2) is 0 Å². The number of hydrogen-bond donors (Lipinski definition) is 1. The largest absolute Gasteiger partial charge is 0.493 e. The molecule has 1 aliphatic rings. The number of carbonyl (C=O) groups excluding carboxylic acids is 1. The van der Waals surface area contributed by atoms with Gasteiger partial charge in [-0.3, -0.25) is 4.79 Å². The van der Waals surface area contributed by atoms with Crippen molar-refractivity contribution in [3.05, 3.63) is 65.2 Å². The number of ether oxygens (including phenoxy) is 3. The summed E-state index contributed by atoms with van der Waals surface area (Å²) in [7, 11) is 0. The van der Waals surface area contributed by atoms with Gasteiger partial charge in [0.1, 0.15) is 23.9 Å². The van der Waals surface area contributed by atoms with Crippen LogP contribution in [0.25, 0.3) is 0 Å². The summed E-state index contributed by atoms with van der Waals surface area (Å²) in [4.78, 5) is 16.5. The molecule has 1 saturated carbocycles. The minimum atomic E-state index is -0.0476. The summed E-state index contributed by atoms with van der Waals surface area (Å²) in [5, 5.41) is 3.44. The lowest BCUT2D eigenvalue weighted by atomic mass is 10.1. The van der Waals surface area contributed by atoms with Gasteiger partial charge in [-0.25, -0.2) is 4.98 Å². The molecule has 1 heterocycles. The minimum absolute atomic E-state index is 0.0367. The Hall–Kier alpha value is -3.06. The Bertz CT molecular complexity index is 1010. The van der Waals surface area contributed by atoms with Gasteiger partial charge >= 0.3 is 0 Å². The molecule has 0 radical (unpaired) electrons. The fourth-order valence-electron chi connectivity index (χ4n) is 3.03. The van der Waals surface area contributed by atoms with Crippen molar-refractivity contribution in [2.24, 2.45) is 5.92 Å². The molecule has 1 fully saturated rings. The maximum Gasteiger partial charge on any atom is 0.279 e. The van der Waals surface area contributed by atoms with Crippen molar-refractivity contribution < 1.29 is 19.0 Å². The van der Waals surface area contributed by atoms with Gasteiger partial charge in [-0.2, -0.15) is 0 Å². The second-order valence-corrected chi connectivity index (χ2v) is 8.78. The molecule has 0 aliphatic heterocycles. The zero-order valence-corrected chi connectivity index (χ0v) is 18.5. The summed E-state index contributed by atoms with van der Waals surface area (Å²) in [6, 6.07) is 15.3. The van der Waals surface area contributed by atoms with Crippen molar-refractivity contribution in [3.8, 4) is 22.4 Å². The summed E-state index contributed by atoms with van der Waals surface area (Å²) < 4.78 is 17.5. The van der Waals surface area contributed by atoms with Crippen LogP contribution in [0.15, 0.2) is 54.7 Å². The molecule has 1 N–H and O–H groups in total. The second kappa shape index (κ2) is 9.83. The Morgan fingerprint density at radius 1 is 1.13 bits per heavy atom. The Morgan fingerprint density at radius 2 is 1.90 bits per heavy atom. The van der Waals surface area contributed by atoms with E-state index >= 15 is 0 Å². The molecule has 2 aromatic carbocycles. The fraction of sp³-hybridized carbons (Fsp3) is 0.333. The molecule has 1 unspecified atom stereocenters. The van der Waals surface area contributed by atoms with Crippen LogP contribution in [-0.2, 0) is 11.4 Å². The molecule has 31 heavy (non-hydrogen) atoms. The maximum atomic E-state index is 11.2. The van der Waals surface area contributed by atoms with E-state index in [4.69, 9.17) is 14.2 Å². The third-order valence-corrected chi connectivity index (χ3v) is 5.76. The van der Waals surface area contributed by atoms with E-state index in [1.165, 1.54) is 31.1 Å². The zero-order valence-electron chi connectivity index (χ0n) is 17.7. The predicted octanol–water partition coefficient (Wildman–Crippen LogP) is 5.50. The third kappa shape index (κ3) is 6.46. The van der Waals surface area contributed by atoms with Crippen LogP contribution in [0.3, 0.4) is 0 Å². The number of carbonyl (C=O) groups is 1. The van der Waals surface area contributed by atoms with Gasteiger partial charge < -0.3 is 19.5 Å². The number of rotatable bonds is 10. The summed E-state index contributed by atoms with van der Waals surface area (Å²) in [5.74, 6) is 2.95. The van der Waals surface area contributed by atoms with Gasteiger partial charge in [0.2, 0.25) is 5.91 Å². The molecule has 3 aromatic rings. The highest BCUT2D eigenvalue weighted by Crippen LogP contribution is 2.32. The van der Waals surface area contributed by atoms with Gasteiger partial charge in [0.25, 0.3) is 5.19 Å². The topological polar surface area (TPSA) is 69.7 Å².